The highest BCUT2D eigenvalue weighted by molar-refractivity contribution is 5.80. The third-order valence-corrected chi connectivity index (χ3v) is 4.41. The number of aliphatic carboxylic acids is 2. The molecule has 0 saturated carbocycles. The minimum Gasteiger partial charge on any atom is -0.481 e. The fourth-order valence-electron chi connectivity index (χ4n) is 2.73. The van der Waals surface area contributed by atoms with Crippen LogP contribution in [0.3, 0.4) is 0 Å². The average Bonchev–Trinajstić information content (AvgIpc) is 2.56. The first-order valence-electron chi connectivity index (χ1n) is 9.77. The number of unbranched alkanes of at least 4 members (excludes halogenated alkanes) is 7. The molecule has 0 aromatic carbocycles. The fourth-order valence-corrected chi connectivity index (χ4v) is 2.73. The number of rotatable bonds is 16. The van der Waals surface area contributed by atoms with Gasteiger partial charge in [-0.2, -0.15) is 0 Å². The van der Waals surface area contributed by atoms with Crippen LogP contribution in [-0.4, -0.2) is 22.2 Å². The molecule has 1 unspecified atom stereocenters. The van der Waals surface area contributed by atoms with Crippen LogP contribution in [0.2, 0.25) is 0 Å². The van der Waals surface area contributed by atoms with E-state index >= 15 is 0 Å². The van der Waals surface area contributed by atoms with E-state index in [2.05, 4.69) is 19.1 Å². The van der Waals surface area contributed by atoms with Crippen molar-refractivity contribution >= 4 is 11.9 Å². The Morgan fingerprint density at radius 1 is 0.920 bits per heavy atom. The molecule has 0 aromatic heterocycles. The van der Waals surface area contributed by atoms with Crippen molar-refractivity contribution < 1.29 is 19.8 Å². The molecule has 0 heterocycles. The Balaban J connectivity index is 3.83. The zero-order chi connectivity index (χ0) is 18.9. The quantitative estimate of drug-likeness (QED) is 0.204. The van der Waals surface area contributed by atoms with E-state index in [9.17, 15) is 9.59 Å². The smallest absolute Gasteiger partial charge is 0.328 e. The van der Waals surface area contributed by atoms with E-state index in [1.807, 2.05) is 0 Å². The van der Waals surface area contributed by atoms with E-state index in [1.165, 1.54) is 18.9 Å². The molecule has 0 radical (unpaired) electrons. The fraction of sp³-hybridized carbons (Fsp3) is 0.714. The topological polar surface area (TPSA) is 74.6 Å². The van der Waals surface area contributed by atoms with Gasteiger partial charge in [-0.25, -0.2) is 4.79 Å². The van der Waals surface area contributed by atoms with Crippen LogP contribution < -0.4 is 0 Å². The minimum absolute atomic E-state index is 0.239. The van der Waals surface area contributed by atoms with E-state index < -0.39 is 11.9 Å². The van der Waals surface area contributed by atoms with Crippen LogP contribution in [-0.2, 0) is 9.59 Å². The van der Waals surface area contributed by atoms with Gasteiger partial charge in [-0.1, -0.05) is 70.1 Å². The van der Waals surface area contributed by atoms with Crippen LogP contribution >= 0.6 is 0 Å². The molecule has 0 bridgehead atoms. The van der Waals surface area contributed by atoms with Gasteiger partial charge in [0.1, 0.15) is 0 Å². The maximum absolute atomic E-state index is 10.9. The standard InChI is InChI=1S/C21H36O4/c1-3-4-5-12-15-19(17-20(22)23)16-13-10-8-6-7-9-11-14-18(2)21(24)25/h10,13,17-18H,3-9,11-12,14-16H2,1-2H3,(H,22,23)(H,24,25)/b13-10-,19-17+. The molecule has 0 aliphatic heterocycles. The second kappa shape index (κ2) is 15.9. The summed E-state index contributed by atoms with van der Waals surface area (Å²) in [5.41, 5.74) is 1.00. The third kappa shape index (κ3) is 15.7. The first kappa shape index (κ1) is 23.4. The molecule has 4 heteroatoms. The highest BCUT2D eigenvalue weighted by Crippen LogP contribution is 2.15. The lowest BCUT2D eigenvalue weighted by atomic mass is 10.0. The second-order valence-electron chi connectivity index (χ2n) is 6.86. The lowest BCUT2D eigenvalue weighted by molar-refractivity contribution is -0.141. The molecular weight excluding hydrogens is 316 g/mol. The number of allylic oxidation sites excluding steroid dienone is 3. The molecular formula is C21H36O4. The van der Waals surface area contributed by atoms with Crippen molar-refractivity contribution in [2.45, 2.75) is 90.9 Å². The third-order valence-electron chi connectivity index (χ3n) is 4.41. The summed E-state index contributed by atoms with van der Waals surface area (Å²) in [6.45, 7) is 3.93. The molecule has 0 spiro atoms. The molecule has 0 fully saturated rings. The van der Waals surface area contributed by atoms with Gasteiger partial charge in [-0.05, 0) is 38.5 Å². The van der Waals surface area contributed by atoms with E-state index in [-0.39, 0.29) is 5.92 Å². The van der Waals surface area contributed by atoms with Crippen LogP contribution in [0.4, 0.5) is 0 Å². The van der Waals surface area contributed by atoms with E-state index in [0.717, 1.165) is 69.8 Å². The van der Waals surface area contributed by atoms with E-state index in [1.54, 1.807) is 6.92 Å². The van der Waals surface area contributed by atoms with Crippen molar-refractivity contribution in [3.63, 3.8) is 0 Å². The van der Waals surface area contributed by atoms with Crippen LogP contribution in [0.1, 0.15) is 90.9 Å². The largest absolute Gasteiger partial charge is 0.481 e. The Hall–Kier alpha value is -1.58. The molecule has 0 rings (SSSR count). The summed E-state index contributed by atoms with van der Waals surface area (Å²) < 4.78 is 0. The summed E-state index contributed by atoms with van der Waals surface area (Å²) in [6.07, 6.45) is 17.8. The Labute approximate surface area is 153 Å². The van der Waals surface area contributed by atoms with Gasteiger partial charge in [-0.3, -0.25) is 4.79 Å². The first-order valence-corrected chi connectivity index (χ1v) is 9.77. The number of hydrogen-bond acceptors (Lipinski definition) is 2. The van der Waals surface area contributed by atoms with Gasteiger partial charge in [0, 0.05) is 6.08 Å². The Morgan fingerprint density at radius 3 is 2.24 bits per heavy atom. The van der Waals surface area contributed by atoms with E-state index in [0.29, 0.717) is 0 Å². The van der Waals surface area contributed by atoms with Crippen molar-refractivity contribution in [3.05, 3.63) is 23.8 Å². The number of carbonyl (C=O) groups is 2. The van der Waals surface area contributed by atoms with Crippen molar-refractivity contribution in [1.29, 1.82) is 0 Å². The average molecular weight is 353 g/mol. The summed E-state index contributed by atoms with van der Waals surface area (Å²) in [6, 6.07) is 0. The molecule has 0 aliphatic rings. The first-order chi connectivity index (χ1) is 12.0. The molecule has 0 aliphatic carbocycles. The molecule has 2 N–H and O–H groups in total. The highest BCUT2D eigenvalue weighted by atomic mass is 16.4. The minimum atomic E-state index is -0.852. The van der Waals surface area contributed by atoms with Crippen LogP contribution in [0.25, 0.3) is 0 Å². The SMILES string of the molecule is CCCCCC/C(=C\C(=O)O)C/C=C\CCCCCCC(C)C(=O)O. The van der Waals surface area contributed by atoms with Crippen LogP contribution in [0.15, 0.2) is 23.8 Å². The molecule has 0 saturated heterocycles. The van der Waals surface area contributed by atoms with Crippen molar-refractivity contribution in [3.8, 4) is 0 Å². The van der Waals surface area contributed by atoms with Gasteiger partial charge in [0.15, 0.2) is 0 Å². The van der Waals surface area contributed by atoms with Gasteiger partial charge in [0.25, 0.3) is 0 Å². The molecule has 0 aromatic rings. The molecule has 1 atom stereocenters. The molecule has 0 amide bonds. The van der Waals surface area contributed by atoms with Gasteiger partial charge in [0.05, 0.1) is 5.92 Å². The molecule has 4 nitrogen and oxygen atoms in total. The highest BCUT2D eigenvalue weighted by Gasteiger charge is 2.09. The summed E-state index contributed by atoms with van der Waals surface area (Å²) in [5.74, 6) is -1.80. The second-order valence-corrected chi connectivity index (χ2v) is 6.86. The zero-order valence-corrected chi connectivity index (χ0v) is 16.0. The lowest BCUT2D eigenvalue weighted by Gasteiger charge is -2.05. The van der Waals surface area contributed by atoms with Gasteiger partial charge in [0.2, 0.25) is 0 Å². The van der Waals surface area contributed by atoms with Crippen LogP contribution in [0, 0.1) is 5.92 Å². The Kier molecular flexibility index (Phi) is 14.9. The summed E-state index contributed by atoms with van der Waals surface area (Å²) in [5, 5.41) is 17.8. The number of hydrogen-bond donors (Lipinski definition) is 2. The van der Waals surface area contributed by atoms with Gasteiger partial charge < -0.3 is 10.2 Å². The Bertz CT molecular complexity index is 424. The van der Waals surface area contributed by atoms with Gasteiger partial charge in [-0.15, -0.1) is 0 Å². The van der Waals surface area contributed by atoms with E-state index in [4.69, 9.17) is 10.2 Å². The lowest BCUT2D eigenvalue weighted by Crippen LogP contribution is -2.08. The summed E-state index contributed by atoms with van der Waals surface area (Å²) in [4.78, 5) is 21.6. The monoisotopic (exact) mass is 352 g/mol. The zero-order valence-electron chi connectivity index (χ0n) is 16.0. The normalized spacial score (nSPS) is 13.3. The molecule has 144 valence electrons. The number of carboxylic acid groups (broad SMARTS) is 2. The van der Waals surface area contributed by atoms with Crippen LogP contribution in [0.5, 0.6) is 0 Å². The predicted octanol–water partition coefficient (Wildman–Crippen LogP) is 5.98. The summed E-state index contributed by atoms with van der Waals surface area (Å²) in [7, 11) is 0. The summed E-state index contributed by atoms with van der Waals surface area (Å²) >= 11 is 0. The maximum Gasteiger partial charge on any atom is 0.328 e. The predicted molar refractivity (Wildman–Crippen MR) is 103 cm³/mol. The van der Waals surface area contributed by atoms with Crippen molar-refractivity contribution in [1.82, 2.24) is 0 Å². The van der Waals surface area contributed by atoms with Gasteiger partial charge >= 0.3 is 11.9 Å². The number of carboxylic acids is 2. The Morgan fingerprint density at radius 2 is 1.60 bits per heavy atom. The van der Waals surface area contributed by atoms with Crippen molar-refractivity contribution in [2.24, 2.45) is 5.92 Å². The van der Waals surface area contributed by atoms with Crippen molar-refractivity contribution in [2.75, 3.05) is 0 Å². The maximum atomic E-state index is 10.9. The molecule has 25 heavy (non-hydrogen) atoms.